The number of halogens is 2. The molecule has 1 saturated heterocycles. The maximum absolute atomic E-state index is 14.4. The number of aromatic nitrogens is 5. The van der Waals surface area contributed by atoms with E-state index >= 15 is 0 Å². The predicted octanol–water partition coefficient (Wildman–Crippen LogP) is 5.47. The number of aromatic amines is 1. The van der Waals surface area contributed by atoms with Gasteiger partial charge in [0.05, 0.1) is 42.6 Å². The minimum Gasteiger partial charge on any atom is -0.493 e. The molecule has 2 N–H and O–H groups in total. The summed E-state index contributed by atoms with van der Waals surface area (Å²) in [5, 5.41) is 12.6. The Kier molecular flexibility index (Phi) is 7.75. The fourth-order valence-electron chi connectivity index (χ4n) is 4.42. The third kappa shape index (κ3) is 6.19. The van der Waals surface area contributed by atoms with Crippen LogP contribution in [0.5, 0.6) is 17.5 Å². The van der Waals surface area contributed by atoms with Gasteiger partial charge in [-0.25, -0.2) is 13.8 Å². The molecule has 6 rings (SSSR count). The molecule has 1 fully saturated rings. The molecule has 1 aliphatic heterocycles. The molecule has 3 aromatic carbocycles. The van der Waals surface area contributed by atoms with Crippen molar-refractivity contribution in [3.8, 4) is 23.6 Å². The fourth-order valence-corrected chi connectivity index (χ4v) is 4.42. The second kappa shape index (κ2) is 12.1. The number of rotatable bonds is 8. The Labute approximate surface area is 244 Å². The van der Waals surface area contributed by atoms with Crippen LogP contribution in [-0.4, -0.2) is 58.3 Å². The number of fused-ring (bicyclic) bond motifs is 1. The number of methoxy groups -OCH3 is 1. The van der Waals surface area contributed by atoms with Crippen molar-refractivity contribution in [1.29, 1.82) is 5.26 Å². The topological polar surface area (TPSA) is 134 Å². The number of nitrogens with zero attached hydrogens (tertiary/aromatic N) is 6. The molecule has 0 bridgehead atoms. The standard InChI is InChI=1S/C30H24F2N8O3/c1-41-26-15-18(14-19(17-33)27-34-23-4-2-3-5-24(23)35-27)6-9-25(26)43-30-38-28(36-22-8-7-20(31)16-21(22)32)37-29(39-30)40-10-12-42-13-11-40/h2-9,14-16H,10-13H2,1H3,(H,34,35)(H,36,37,38,39)/b19-14+. The van der Waals surface area contributed by atoms with Crippen LogP contribution >= 0.6 is 0 Å². The number of allylic oxidation sites excluding steroid dienone is 1. The summed E-state index contributed by atoms with van der Waals surface area (Å²) in [5.74, 6) is -0.132. The number of morpholine rings is 1. The minimum absolute atomic E-state index is 0.0000158. The normalized spacial score (nSPS) is 13.5. The van der Waals surface area contributed by atoms with Crippen LogP contribution in [0.3, 0.4) is 0 Å². The highest BCUT2D eigenvalue weighted by Crippen LogP contribution is 2.33. The molecule has 0 unspecified atom stereocenters. The lowest BCUT2D eigenvalue weighted by Crippen LogP contribution is -2.37. The van der Waals surface area contributed by atoms with Gasteiger partial charge >= 0.3 is 6.01 Å². The first kappa shape index (κ1) is 27.6. The van der Waals surface area contributed by atoms with E-state index in [1.54, 1.807) is 24.3 Å². The summed E-state index contributed by atoms with van der Waals surface area (Å²) in [6.45, 7) is 2.03. The summed E-state index contributed by atoms with van der Waals surface area (Å²) in [6, 6.07) is 17.9. The van der Waals surface area contributed by atoms with Crippen molar-refractivity contribution in [1.82, 2.24) is 24.9 Å². The highest BCUT2D eigenvalue weighted by Gasteiger charge is 2.19. The predicted molar refractivity (Wildman–Crippen MR) is 155 cm³/mol. The lowest BCUT2D eigenvalue weighted by molar-refractivity contribution is 0.122. The molecule has 1 aliphatic rings. The zero-order valence-electron chi connectivity index (χ0n) is 22.8. The molecule has 0 aliphatic carbocycles. The fraction of sp³-hybridized carbons (Fsp3) is 0.167. The van der Waals surface area contributed by atoms with Gasteiger partial charge in [-0.05, 0) is 48.0 Å². The first-order chi connectivity index (χ1) is 21.0. The van der Waals surface area contributed by atoms with Crippen LogP contribution < -0.4 is 19.7 Å². The Morgan fingerprint density at radius 3 is 2.63 bits per heavy atom. The molecule has 5 aromatic rings. The van der Waals surface area contributed by atoms with Gasteiger partial charge in [-0.15, -0.1) is 0 Å². The zero-order valence-corrected chi connectivity index (χ0v) is 22.8. The van der Waals surface area contributed by atoms with Crippen molar-refractivity contribution >= 4 is 40.3 Å². The minimum atomic E-state index is -0.805. The molecule has 0 radical (unpaired) electrons. The van der Waals surface area contributed by atoms with Gasteiger partial charge in [0.25, 0.3) is 0 Å². The Hall–Kier alpha value is -5.61. The molecule has 0 spiro atoms. The summed E-state index contributed by atoms with van der Waals surface area (Å²) in [4.78, 5) is 22.7. The van der Waals surface area contributed by atoms with Gasteiger partial charge < -0.3 is 29.4 Å². The Balaban J connectivity index is 1.30. The molecule has 216 valence electrons. The van der Waals surface area contributed by atoms with E-state index in [2.05, 4.69) is 36.3 Å². The van der Waals surface area contributed by atoms with E-state index < -0.39 is 11.6 Å². The van der Waals surface area contributed by atoms with E-state index in [4.69, 9.17) is 14.2 Å². The van der Waals surface area contributed by atoms with Crippen LogP contribution in [0.25, 0.3) is 22.7 Å². The zero-order chi connectivity index (χ0) is 29.8. The second-order valence-corrected chi connectivity index (χ2v) is 9.37. The van der Waals surface area contributed by atoms with E-state index in [0.29, 0.717) is 60.7 Å². The first-order valence-corrected chi connectivity index (χ1v) is 13.2. The number of hydrogen-bond acceptors (Lipinski definition) is 10. The van der Waals surface area contributed by atoms with Crippen molar-refractivity contribution in [3.63, 3.8) is 0 Å². The molecule has 11 nitrogen and oxygen atoms in total. The average Bonchev–Trinajstić information content (AvgIpc) is 3.46. The second-order valence-electron chi connectivity index (χ2n) is 9.37. The lowest BCUT2D eigenvalue weighted by Gasteiger charge is -2.27. The van der Waals surface area contributed by atoms with Gasteiger partial charge in [-0.1, -0.05) is 18.2 Å². The number of imidazole rings is 1. The molecule has 2 aromatic heterocycles. The van der Waals surface area contributed by atoms with Crippen LogP contribution in [-0.2, 0) is 4.74 Å². The van der Waals surface area contributed by atoms with Crippen LogP contribution in [0.15, 0.2) is 60.7 Å². The highest BCUT2D eigenvalue weighted by atomic mass is 19.1. The van der Waals surface area contributed by atoms with Gasteiger partial charge in [-0.3, -0.25) is 0 Å². The highest BCUT2D eigenvalue weighted by molar-refractivity contribution is 5.90. The maximum atomic E-state index is 14.4. The van der Waals surface area contributed by atoms with Crippen LogP contribution in [0.2, 0.25) is 0 Å². The molecule has 0 saturated carbocycles. The average molecular weight is 583 g/mol. The molecule has 0 amide bonds. The summed E-state index contributed by atoms with van der Waals surface area (Å²) >= 11 is 0. The van der Waals surface area contributed by atoms with Gasteiger partial charge in [0.1, 0.15) is 23.5 Å². The van der Waals surface area contributed by atoms with Crippen molar-refractivity contribution in [2.45, 2.75) is 0 Å². The van der Waals surface area contributed by atoms with Crippen LogP contribution in [0.1, 0.15) is 11.4 Å². The first-order valence-electron chi connectivity index (χ1n) is 13.2. The van der Waals surface area contributed by atoms with Crippen molar-refractivity contribution in [2.24, 2.45) is 0 Å². The van der Waals surface area contributed by atoms with E-state index in [1.807, 2.05) is 29.2 Å². The van der Waals surface area contributed by atoms with Gasteiger partial charge in [0.15, 0.2) is 11.5 Å². The van der Waals surface area contributed by atoms with Crippen LogP contribution in [0.4, 0.5) is 26.4 Å². The number of ether oxygens (including phenoxy) is 3. The molecular formula is C30H24F2N8O3. The monoisotopic (exact) mass is 582 g/mol. The molecule has 0 atom stereocenters. The van der Waals surface area contributed by atoms with Gasteiger partial charge in [0.2, 0.25) is 11.9 Å². The summed E-state index contributed by atoms with van der Waals surface area (Å²) in [7, 11) is 1.48. The van der Waals surface area contributed by atoms with E-state index in [9.17, 15) is 14.0 Å². The van der Waals surface area contributed by atoms with Crippen molar-refractivity contribution in [2.75, 3.05) is 43.6 Å². The smallest absolute Gasteiger partial charge is 0.328 e. The summed E-state index contributed by atoms with van der Waals surface area (Å²) in [6.07, 6.45) is 1.68. The van der Waals surface area contributed by atoms with E-state index in [1.165, 1.54) is 13.2 Å². The number of H-pyrrole nitrogens is 1. The summed E-state index contributed by atoms with van der Waals surface area (Å²) < 4.78 is 44.8. The number of hydrogen-bond donors (Lipinski definition) is 2. The van der Waals surface area contributed by atoms with E-state index in [-0.39, 0.29) is 17.6 Å². The van der Waals surface area contributed by atoms with Gasteiger partial charge in [0, 0.05) is 19.2 Å². The molecule has 3 heterocycles. The van der Waals surface area contributed by atoms with E-state index in [0.717, 1.165) is 23.2 Å². The number of nitrogens with one attached hydrogen (secondary N) is 2. The lowest BCUT2D eigenvalue weighted by atomic mass is 10.1. The van der Waals surface area contributed by atoms with Crippen molar-refractivity contribution < 1.29 is 23.0 Å². The number of para-hydroxylation sites is 2. The van der Waals surface area contributed by atoms with Crippen LogP contribution in [0, 0.1) is 23.0 Å². The third-order valence-corrected chi connectivity index (χ3v) is 6.54. The maximum Gasteiger partial charge on any atom is 0.328 e. The van der Waals surface area contributed by atoms with Gasteiger partial charge in [-0.2, -0.15) is 20.2 Å². The Bertz CT molecular complexity index is 1830. The third-order valence-electron chi connectivity index (χ3n) is 6.54. The SMILES string of the molecule is COc1cc(/C=C(\C#N)c2nc3ccccc3[nH]2)ccc1Oc1nc(Nc2ccc(F)cc2F)nc(N2CCOCC2)n1. The Morgan fingerprint density at radius 2 is 1.86 bits per heavy atom. The number of benzene rings is 3. The Morgan fingerprint density at radius 1 is 1.02 bits per heavy atom. The molecular weight excluding hydrogens is 558 g/mol. The molecule has 43 heavy (non-hydrogen) atoms. The summed E-state index contributed by atoms with van der Waals surface area (Å²) in [5.41, 5.74) is 2.57. The van der Waals surface area contributed by atoms with Crippen molar-refractivity contribution in [3.05, 3.63) is 83.7 Å². The number of nitriles is 1. The molecule has 13 heteroatoms. The number of anilines is 3. The quantitative estimate of drug-likeness (QED) is 0.227. The largest absolute Gasteiger partial charge is 0.493 e.